The van der Waals surface area contributed by atoms with Crippen LogP contribution < -0.4 is 0 Å². The third kappa shape index (κ3) is 5.94. The van der Waals surface area contributed by atoms with Crippen molar-refractivity contribution in [2.45, 2.75) is 26.2 Å². The van der Waals surface area contributed by atoms with Crippen molar-refractivity contribution < 1.29 is 4.42 Å². The van der Waals surface area contributed by atoms with E-state index >= 15 is 0 Å². The van der Waals surface area contributed by atoms with E-state index in [9.17, 15) is 0 Å². The number of aryl methyl sites for hydroxylation is 1. The Morgan fingerprint density at radius 3 is 2.10 bits per heavy atom. The van der Waals surface area contributed by atoms with Crippen molar-refractivity contribution in [3.63, 3.8) is 0 Å². The fourth-order valence-corrected chi connectivity index (χ4v) is 10.4. The summed E-state index contributed by atoms with van der Waals surface area (Å²) in [5.74, 6) is 1.82. The first-order valence-corrected chi connectivity index (χ1v) is 21.8. The summed E-state index contributed by atoms with van der Waals surface area (Å²) in [6.07, 6.45) is 3.55. The third-order valence-corrected chi connectivity index (χ3v) is 13.2. The fraction of sp³-hybridized carbons (Fsp3) is 0.0727. The second-order valence-corrected chi connectivity index (χ2v) is 16.9. The third-order valence-electron chi connectivity index (χ3n) is 12.0. The zero-order valence-corrected chi connectivity index (χ0v) is 34.3. The summed E-state index contributed by atoms with van der Waals surface area (Å²) in [6, 6.07) is 62.4. The quantitative estimate of drug-likeness (QED) is 0.154. The van der Waals surface area contributed by atoms with Crippen molar-refractivity contribution in [3.05, 3.63) is 181 Å². The molecule has 0 radical (unpaired) electrons. The predicted octanol–water partition coefficient (Wildman–Crippen LogP) is 15.2. The Kier molecular flexibility index (Phi) is 8.39. The molecule has 0 unspecified atom stereocenters. The molecule has 0 amide bonds. The molecule has 0 aliphatic heterocycles. The lowest BCUT2D eigenvalue weighted by Crippen LogP contribution is -2.01. The van der Waals surface area contributed by atoms with Crippen molar-refractivity contribution >= 4 is 75.3 Å². The Balaban J connectivity index is 1.00. The van der Waals surface area contributed by atoms with Crippen LogP contribution in [0.25, 0.3) is 115 Å². The zero-order valence-electron chi connectivity index (χ0n) is 33.5. The number of thiophene rings is 1. The molecule has 61 heavy (non-hydrogen) atoms. The Morgan fingerprint density at radius 2 is 1.20 bits per heavy atom. The largest absolute Gasteiger partial charge is 0.456 e. The van der Waals surface area contributed by atoms with E-state index in [-0.39, 0.29) is 0 Å². The molecule has 4 heterocycles. The first kappa shape index (κ1) is 35.5. The Hall–Kier alpha value is -7.41. The number of hydrogen-bond donors (Lipinski definition) is 0. The molecule has 0 spiro atoms. The van der Waals surface area contributed by atoms with Gasteiger partial charge in [-0.05, 0) is 78.1 Å². The maximum absolute atomic E-state index is 6.28. The van der Waals surface area contributed by atoms with E-state index in [0.717, 1.165) is 61.8 Å². The summed E-state index contributed by atoms with van der Waals surface area (Å²) in [5.41, 5.74) is 11.6. The first-order valence-electron chi connectivity index (χ1n) is 21.0. The van der Waals surface area contributed by atoms with Gasteiger partial charge in [0.25, 0.3) is 0 Å². The molecule has 0 bridgehead atoms. The van der Waals surface area contributed by atoms with E-state index in [2.05, 4.69) is 127 Å². The van der Waals surface area contributed by atoms with E-state index in [4.69, 9.17) is 19.4 Å². The smallest absolute Gasteiger partial charge is 0.164 e. The minimum atomic E-state index is 0.599. The van der Waals surface area contributed by atoms with Gasteiger partial charge in [0.15, 0.2) is 17.5 Å². The number of benzene rings is 8. The van der Waals surface area contributed by atoms with Crippen LogP contribution in [0, 0.1) is 0 Å². The van der Waals surface area contributed by atoms with Gasteiger partial charge in [0.2, 0.25) is 0 Å². The summed E-state index contributed by atoms with van der Waals surface area (Å²) in [5, 5.41) is 7.12. The van der Waals surface area contributed by atoms with Gasteiger partial charge in [0, 0.05) is 64.1 Å². The number of furan rings is 1. The van der Waals surface area contributed by atoms with Gasteiger partial charge in [0.1, 0.15) is 11.2 Å². The molecule has 0 aliphatic rings. The molecule has 6 heteroatoms. The van der Waals surface area contributed by atoms with Crippen LogP contribution in [0.5, 0.6) is 0 Å². The highest BCUT2D eigenvalue weighted by molar-refractivity contribution is 7.26. The van der Waals surface area contributed by atoms with Crippen LogP contribution in [-0.4, -0.2) is 19.5 Å². The van der Waals surface area contributed by atoms with Gasteiger partial charge in [-0.25, -0.2) is 15.0 Å². The van der Waals surface area contributed by atoms with E-state index in [1.165, 1.54) is 60.5 Å². The van der Waals surface area contributed by atoms with Gasteiger partial charge in [-0.3, -0.25) is 0 Å². The molecule has 0 saturated carbocycles. The molecule has 5 nitrogen and oxygen atoms in total. The highest BCUT2D eigenvalue weighted by Crippen LogP contribution is 2.43. The minimum absolute atomic E-state index is 0.599. The number of aromatic nitrogens is 4. The SMILES string of the molecule is CCCCc1ccc2c(c1)sc1c(-c3ccc4c(c3)c3ccccc3n4-c3cccc(-c4nc(-c5ccccc5)nc(-c5cccc6oc7ccccc7c56)n4)c3)cccc12. The van der Waals surface area contributed by atoms with Gasteiger partial charge < -0.3 is 8.98 Å². The van der Waals surface area contributed by atoms with Gasteiger partial charge in [-0.2, -0.15) is 0 Å². The molecule has 12 aromatic rings. The summed E-state index contributed by atoms with van der Waals surface area (Å²) in [6.45, 7) is 2.26. The maximum atomic E-state index is 6.28. The molecule has 8 aromatic carbocycles. The van der Waals surface area contributed by atoms with Gasteiger partial charge in [-0.15, -0.1) is 11.3 Å². The minimum Gasteiger partial charge on any atom is -0.456 e. The van der Waals surface area contributed by atoms with E-state index in [1.54, 1.807) is 0 Å². The molecule has 0 fully saturated rings. The van der Waals surface area contributed by atoms with Crippen molar-refractivity contribution in [1.29, 1.82) is 0 Å². The molecular weight excluding hydrogens is 765 g/mol. The van der Waals surface area contributed by atoms with Crippen molar-refractivity contribution in [1.82, 2.24) is 19.5 Å². The van der Waals surface area contributed by atoms with Crippen LogP contribution in [-0.2, 0) is 6.42 Å². The number of para-hydroxylation sites is 2. The molecule has 12 rings (SSSR count). The normalized spacial score (nSPS) is 11.9. The summed E-state index contributed by atoms with van der Waals surface area (Å²) >= 11 is 1.92. The molecule has 0 saturated heterocycles. The number of fused-ring (bicyclic) bond motifs is 9. The fourth-order valence-electron chi connectivity index (χ4n) is 9.11. The molecule has 4 aromatic heterocycles. The number of rotatable bonds is 8. The first-order chi connectivity index (χ1) is 30.2. The van der Waals surface area contributed by atoms with Gasteiger partial charge >= 0.3 is 0 Å². The Labute approximate surface area is 356 Å². The average molecular weight is 803 g/mol. The predicted molar refractivity (Wildman–Crippen MR) is 255 cm³/mol. The van der Waals surface area contributed by atoms with Crippen LogP contribution in [0.15, 0.2) is 180 Å². The molecular formula is C55H38N4OS. The number of nitrogens with zero attached hydrogens (tertiary/aromatic N) is 4. The highest BCUT2D eigenvalue weighted by Gasteiger charge is 2.20. The summed E-state index contributed by atoms with van der Waals surface area (Å²) < 4.78 is 11.3. The molecule has 0 N–H and O–H groups in total. The summed E-state index contributed by atoms with van der Waals surface area (Å²) in [7, 11) is 0. The van der Waals surface area contributed by atoms with Crippen LogP contribution in [0.4, 0.5) is 0 Å². The topological polar surface area (TPSA) is 56.7 Å². The number of hydrogen-bond acceptors (Lipinski definition) is 5. The van der Waals surface area contributed by atoms with Crippen molar-refractivity contribution in [3.8, 4) is 51.0 Å². The second-order valence-electron chi connectivity index (χ2n) is 15.8. The van der Waals surface area contributed by atoms with E-state index in [1.807, 2.05) is 72.0 Å². The molecule has 0 aliphatic carbocycles. The van der Waals surface area contributed by atoms with Crippen molar-refractivity contribution in [2.24, 2.45) is 0 Å². The Morgan fingerprint density at radius 1 is 0.492 bits per heavy atom. The zero-order chi connectivity index (χ0) is 40.4. The lowest BCUT2D eigenvalue weighted by molar-refractivity contribution is 0.669. The van der Waals surface area contributed by atoms with Crippen LogP contribution in [0.1, 0.15) is 25.3 Å². The van der Waals surface area contributed by atoms with E-state index < -0.39 is 0 Å². The lowest BCUT2D eigenvalue weighted by Gasteiger charge is -2.12. The number of unbranched alkanes of at least 4 members (excludes halogenated alkanes) is 1. The molecule has 0 atom stereocenters. The summed E-state index contributed by atoms with van der Waals surface area (Å²) in [4.78, 5) is 15.4. The highest BCUT2D eigenvalue weighted by atomic mass is 32.1. The standard InChI is InChI=1S/C55H38N4OS/c1-2-3-14-34-27-29-41-42-22-12-21-39(52(42)61-50(41)31-34)36-28-30-47-45(33-36)40-19-7-9-24-46(40)59(47)38-18-11-17-37(32-38)54-56-53(35-15-5-4-6-16-35)57-55(58-54)44-23-13-26-49-51(44)43-20-8-10-25-48(43)60-49/h4-13,15-33H,2-3,14H2,1H3. The van der Waals surface area contributed by atoms with Crippen LogP contribution in [0.2, 0.25) is 0 Å². The van der Waals surface area contributed by atoms with Gasteiger partial charge in [0.05, 0.1) is 11.0 Å². The molecule has 290 valence electrons. The second kappa shape index (κ2) is 14.4. The van der Waals surface area contributed by atoms with Crippen molar-refractivity contribution in [2.75, 3.05) is 0 Å². The lowest BCUT2D eigenvalue weighted by atomic mass is 10.00. The maximum Gasteiger partial charge on any atom is 0.164 e. The Bertz CT molecular complexity index is 3650. The average Bonchev–Trinajstić information content (AvgIpc) is 4.00. The van der Waals surface area contributed by atoms with Gasteiger partial charge in [-0.1, -0.05) is 141 Å². The van der Waals surface area contributed by atoms with E-state index in [0.29, 0.717) is 17.5 Å². The van der Waals surface area contributed by atoms with Crippen LogP contribution in [0.3, 0.4) is 0 Å². The monoisotopic (exact) mass is 802 g/mol. The van der Waals surface area contributed by atoms with Crippen LogP contribution >= 0.6 is 11.3 Å².